The molecule has 0 amide bonds. The van der Waals surface area contributed by atoms with Gasteiger partial charge < -0.3 is 14.9 Å². The fourth-order valence-corrected chi connectivity index (χ4v) is 2.87. The van der Waals surface area contributed by atoms with Gasteiger partial charge in [0, 0.05) is 16.5 Å². The van der Waals surface area contributed by atoms with Gasteiger partial charge in [-0.2, -0.15) is 5.10 Å². The van der Waals surface area contributed by atoms with E-state index in [1.165, 1.54) is 0 Å². The van der Waals surface area contributed by atoms with Gasteiger partial charge in [-0.05, 0) is 38.2 Å². The Labute approximate surface area is 149 Å². The summed E-state index contributed by atoms with van der Waals surface area (Å²) in [5, 5.41) is 6.98. The molecule has 0 saturated carbocycles. The molecule has 0 spiro atoms. The van der Waals surface area contributed by atoms with Gasteiger partial charge in [0.05, 0.1) is 19.8 Å². The van der Waals surface area contributed by atoms with Crippen LogP contribution in [0.4, 0.5) is 0 Å². The molecule has 126 valence electrons. The molecular formula is C15H21BrN4O2S. The minimum Gasteiger partial charge on any atom is -0.493 e. The molecule has 2 rings (SSSR count). The number of halogens is 1. The van der Waals surface area contributed by atoms with E-state index in [0.717, 1.165) is 28.0 Å². The molecule has 0 aliphatic heterocycles. The maximum absolute atomic E-state index is 5.93. The zero-order valence-corrected chi connectivity index (χ0v) is 16.0. The summed E-state index contributed by atoms with van der Waals surface area (Å²) in [5.41, 5.74) is 4.25. The molecule has 0 fully saturated rings. The Morgan fingerprint density at radius 1 is 1.43 bits per heavy atom. The summed E-state index contributed by atoms with van der Waals surface area (Å²) in [6.07, 6.45) is 0.822. The van der Waals surface area contributed by atoms with Crippen molar-refractivity contribution in [2.45, 2.75) is 39.8 Å². The highest BCUT2D eigenvalue weighted by molar-refractivity contribution is 9.10. The average Bonchev–Trinajstić information content (AvgIpc) is 2.86. The van der Waals surface area contributed by atoms with Crippen molar-refractivity contribution >= 4 is 28.1 Å². The monoisotopic (exact) mass is 400 g/mol. The van der Waals surface area contributed by atoms with E-state index in [0.29, 0.717) is 17.1 Å². The van der Waals surface area contributed by atoms with Crippen molar-refractivity contribution in [1.29, 1.82) is 0 Å². The Kier molecular flexibility index (Phi) is 6.06. The maximum Gasteiger partial charge on any atom is 0.214 e. The van der Waals surface area contributed by atoms with Crippen molar-refractivity contribution < 1.29 is 9.47 Å². The van der Waals surface area contributed by atoms with Crippen molar-refractivity contribution in [3.63, 3.8) is 0 Å². The average molecular weight is 401 g/mol. The first-order valence-electron chi connectivity index (χ1n) is 7.39. The molecule has 1 aromatic heterocycles. The number of aromatic nitrogens is 3. The number of hydrogen-bond donors (Lipinski definition) is 2. The molecule has 1 heterocycles. The predicted octanol–water partition coefficient (Wildman–Crippen LogP) is 3.81. The minimum atomic E-state index is 0.0473. The minimum absolute atomic E-state index is 0.0473. The Morgan fingerprint density at radius 2 is 2.17 bits per heavy atom. The van der Waals surface area contributed by atoms with Gasteiger partial charge in [-0.1, -0.05) is 22.9 Å². The number of aromatic amines is 1. The quantitative estimate of drug-likeness (QED) is 0.691. The smallest absolute Gasteiger partial charge is 0.214 e. The second-order valence-electron chi connectivity index (χ2n) is 5.23. The first-order chi connectivity index (χ1) is 11.0. The van der Waals surface area contributed by atoms with E-state index < -0.39 is 0 Å². The molecule has 0 bridgehead atoms. The highest BCUT2D eigenvalue weighted by Crippen LogP contribution is 2.35. The molecule has 0 radical (unpaired) electrons. The number of nitrogens with zero attached hydrogens (tertiary/aromatic N) is 2. The van der Waals surface area contributed by atoms with Crippen LogP contribution in [0.25, 0.3) is 0 Å². The van der Waals surface area contributed by atoms with Crippen LogP contribution in [0.2, 0.25) is 0 Å². The Hall–Kier alpha value is -1.54. The molecule has 6 nitrogen and oxygen atoms in total. The second kappa shape index (κ2) is 7.83. The number of aryl methyl sites for hydroxylation is 1. The Morgan fingerprint density at radius 3 is 2.78 bits per heavy atom. The Bertz CT molecular complexity index is 727. The van der Waals surface area contributed by atoms with E-state index in [-0.39, 0.29) is 6.10 Å². The van der Waals surface area contributed by atoms with E-state index in [9.17, 15) is 0 Å². The third kappa shape index (κ3) is 4.26. The van der Waals surface area contributed by atoms with Crippen molar-refractivity contribution in [3.05, 3.63) is 32.8 Å². The van der Waals surface area contributed by atoms with Gasteiger partial charge in [-0.3, -0.25) is 5.10 Å². The van der Waals surface area contributed by atoms with Crippen LogP contribution in [-0.2, 0) is 13.0 Å². The molecule has 0 atom stereocenters. The Balaban J connectivity index is 2.32. The van der Waals surface area contributed by atoms with E-state index in [1.807, 2.05) is 32.9 Å². The zero-order chi connectivity index (χ0) is 17.0. The molecular weight excluding hydrogens is 380 g/mol. The lowest BCUT2D eigenvalue weighted by molar-refractivity contribution is 0.227. The van der Waals surface area contributed by atoms with E-state index >= 15 is 0 Å². The van der Waals surface area contributed by atoms with Crippen LogP contribution < -0.4 is 14.9 Å². The molecule has 1 aromatic carbocycles. The summed E-state index contributed by atoms with van der Waals surface area (Å²) in [6.45, 7) is 6.53. The first-order valence-corrected chi connectivity index (χ1v) is 8.59. The number of rotatable bonds is 7. The lowest BCUT2D eigenvalue weighted by Crippen LogP contribution is -2.18. The first kappa shape index (κ1) is 17.8. The highest BCUT2D eigenvalue weighted by atomic mass is 79.9. The largest absolute Gasteiger partial charge is 0.493 e. The van der Waals surface area contributed by atoms with Crippen LogP contribution >= 0.6 is 28.1 Å². The molecule has 2 N–H and O–H groups in total. The summed E-state index contributed by atoms with van der Waals surface area (Å²) in [5.74, 6) is 2.27. The molecule has 8 heteroatoms. The highest BCUT2D eigenvalue weighted by Gasteiger charge is 2.15. The summed E-state index contributed by atoms with van der Waals surface area (Å²) >= 11 is 8.76. The fraction of sp³-hybridized carbons (Fsp3) is 0.467. The van der Waals surface area contributed by atoms with E-state index in [4.69, 9.17) is 21.7 Å². The number of methoxy groups -OCH3 is 1. The van der Waals surface area contributed by atoms with Crippen molar-refractivity contribution in [1.82, 2.24) is 14.9 Å². The third-order valence-electron chi connectivity index (χ3n) is 3.16. The number of benzene rings is 1. The van der Waals surface area contributed by atoms with Crippen molar-refractivity contribution in [2.75, 3.05) is 12.5 Å². The fourth-order valence-electron chi connectivity index (χ4n) is 2.17. The summed E-state index contributed by atoms with van der Waals surface area (Å²) in [4.78, 5) is 0. The van der Waals surface area contributed by atoms with Crippen LogP contribution in [0.5, 0.6) is 11.5 Å². The number of nitrogens with one attached hydrogen (secondary N) is 2. The van der Waals surface area contributed by atoms with Gasteiger partial charge in [0.15, 0.2) is 17.3 Å². The molecule has 23 heavy (non-hydrogen) atoms. The molecule has 0 aliphatic rings. The van der Waals surface area contributed by atoms with Gasteiger partial charge in [-0.25, -0.2) is 4.68 Å². The number of H-pyrrole nitrogens is 1. The zero-order valence-electron chi connectivity index (χ0n) is 13.6. The van der Waals surface area contributed by atoms with E-state index in [1.54, 1.807) is 11.8 Å². The third-order valence-corrected chi connectivity index (χ3v) is 3.89. The lowest BCUT2D eigenvalue weighted by Gasteiger charge is -2.19. The maximum atomic E-state index is 5.93. The molecule has 0 aliphatic carbocycles. The van der Waals surface area contributed by atoms with Gasteiger partial charge >= 0.3 is 0 Å². The van der Waals surface area contributed by atoms with Gasteiger partial charge in [0.1, 0.15) is 0 Å². The van der Waals surface area contributed by atoms with Gasteiger partial charge in [-0.15, -0.1) is 0 Å². The topological polar surface area (TPSA) is 64.1 Å². The van der Waals surface area contributed by atoms with Crippen LogP contribution in [0.3, 0.4) is 0 Å². The second-order valence-corrected chi connectivity index (χ2v) is 6.53. The van der Waals surface area contributed by atoms with Crippen molar-refractivity contribution in [2.24, 2.45) is 0 Å². The summed E-state index contributed by atoms with van der Waals surface area (Å²) in [7, 11) is 1.63. The van der Waals surface area contributed by atoms with Crippen molar-refractivity contribution in [3.8, 4) is 11.5 Å². The predicted molar refractivity (Wildman–Crippen MR) is 96.3 cm³/mol. The normalized spacial score (nSPS) is 10.9. The molecule has 0 unspecified atom stereocenters. The molecule has 2 aromatic rings. The van der Waals surface area contributed by atoms with Gasteiger partial charge in [0.2, 0.25) is 4.77 Å². The lowest BCUT2D eigenvalue weighted by atomic mass is 10.2. The van der Waals surface area contributed by atoms with Crippen LogP contribution in [0.15, 0.2) is 16.6 Å². The number of hydrogen-bond acceptors (Lipinski definition) is 5. The summed E-state index contributed by atoms with van der Waals surface area (Å²) < 4.78 is 14.6. The van der Waals surface area contributed by atoms with Crippen LogP contribution in [-0.4, -0.2) is 28.1 Å². The summed E-state index contributed by atoms with van der Waals surface area (Å²) in [6, 6.07) is 3.89. The standard InChI is InChI=1S/C15H21BrN4O2S/c1-5-13-18-19-15(23)20(13)17-8-10-6-11(16)7-12(21-4)14(10)22-9(2)3/h6-7,9,17H,5,8H2,1-4H3,(H,19,23). The van der Waals surface area contributed by atoms with E-state index in [2.05, 4.69) is 31.6 Å². The molecule has 0 saturated heterocycles. The van der Waals surface area contributed by atoms with Crippen LogP contribution in [0.1, 0.15) is 32.2 Å². The SMILES string of the molecule is CCc1n[nH]c(=S)n1NCc1cc(Br)cc(OC)c1OC(C)C. The van der Waals surface area contributed by atoms with Crippen LogP contribution in [0, 0.1) is 4.77 Å². The van der Waals surface area contributed by atoms with Gasteiger partial charge in [0.25, 0.3) is 0 Å². The number of ether oxygens (including phenoxy) is 2.